The first-order valence-electron chi connectivity index (χ1n) is 5.14. The van der Waals surface area contributed by atoms with Crippen LogP contribution >= 0.6 is 0 Å². The fraction of sp³-hybridized carbons (Fsp3) is 0.250. The van der Waals surface area contributed by atoms with E-state index in [2.05, 4.69) is 10.1 Å². The molecule has 1 rings (SSSR count). The second-order valence-electron chi connectivity index (χ2n) is 3.55. The number of Topliss-reactive ketones (excluding diaryl/α,β-unsaturated/α-hetero) is 1. The molecule has 6 heteroatoms. The van der Waals surface area contributed by atoms with Crippen LogP contribution in [0.1, 0.15) is 24.2 Å². The van der Waals surface area contributed by atoms with Gasteiger partial charge in [0.15, 0.2) is 12.4 Å². The molecule has 0 spiro atoms. The van der Waals surface area contributed by atoms with Gasteiger partial charge in [-0.2, -0.15) is 0 Å². The fourth-order valence-corrected chi connectivity index (χ4v) is 1.34. The second kappa shape index (κ2) is 5.90. The van der Waals surface area contributed by atoms with Crippen LogP contribution in [-0.4, -0.2) is 24.3 Å². The summed E-state index contributed by atoms with van der Waals surface area (Å²) < 4.78 is 17.9. The van der Waals surface area contributed by atoms with Crippen molar-refractivity contribution in [3.63, 3.8) is 0 Å². The molecule has 0 aliphatic heterocycles. The zero-order valence-corrected chi connectivity index (χ0v) is 9.95. The molecule has 1 aromatic rings. The van der Waals surface area contributed by atoms with Crippen LogP contribution in [0, 0.1) is 5.82 Å². The van der Waals surface area contributed by atoms with Crippen LogP contribution < -0.4 is 5.32 Å². The number of anilines is 1. The van der Waals surface area contributed by atoms with Crippen molar-refractivity contribution >= 4 is 23.3 Å². The van der Waals surface area contributed by atoms with Crippen LogP contribution in [0.25, 0.3) is 0 Å². The first-order valence-corrected chi connectivity index (χ1v) is 5.14. The summed E-state index contributed by atoms with van der Waals surface area (Å²) in [5.74, 6) is -2.46. The molecule has 1 aromatic carbocycles. The molecule has 0 radical (unpaired) electrons. The first-order chi connectivity index (χ1) is 8.41. The maximum absolute atomic E-state index is 13.4. The Morgan fingerprint density at radius 3 is 2.50 bits per heavy atom. The van der Waals surface area contributed by atoms with Crippen molar-refractivity contribution in [1.29, 1.82) is 0 Å². The third-order valence-electron chi connectivity index (χ3n) is 2.05. The second-order valence-corrected chi connectivity index (χ2v) is 3.55. The summed E-state index contributed by atoms with van der Waals surface area (Å²) in [6.45, 7) is 1.87. The molecule has 1 N–H and O–H groups in total. The number of rotatable bonds is 4. The van der Waals surface area contributed by atoms with E-state index in [0.717, 1.165) is 13.0 Å². The topological polar surface area (TPSA) is 72.5 Å². The van der Waals surface area contributed by atoms with E-state index in [9.17, 15) is 18.8 Å². The Morgan fingerprint density at radius 1 is 1.28 bits per heavy atom. The van der Waals surface area contributed by atoms with E-state index in [-0.39, 0.29) is 11.3 Å². The summed E-state index contributed by atoms with van der Waals surface area (Å²) in [6.07, 6.45) is 0. The highest BCUT2D eigenvalue weighted by Crippen LogP contribution is 2.19. The molecule has 18 heavy (non-hydrogen) atoms. The van der Waals surface area contributed by atoms with Crippen molar-refractivity contribution < 1.29 is 23.5 Å². The van der Waals surface area contributed by atoms with E-state index in [1.54, 1.807) is 0 Å². The molecule has 0 saturated heterocycles. The minimum Gasteiger partial charge on any atom is -0.456 e. The molecule has 96 valence electrons. The number of carbonyl (C=O) groups is 3. The molecule has 0 saturated carbocycles. The first kappa shape index (κ1) is 13.8. The number of hydrogen-bond acceptors (Lipinski definition) is 4. The summed E-state index contributed by atoms with van der Waals surface area (Å²) >= 11 is 0. The molecular formula is C12H12FNO4. The van der Waals surface area contributed by atoms with Gasteiger partial charge in [0.25, 0.3) is 5.91 Å². The highest BCUT2D eigenvalue weighted by molar-refractivity contribution is 6.04. The molecule has 0 aliphatic carbocycles. The van der Waals surface area contributed by atoms with Crippen LogP contribution in [0.3, 0.4) is 0 Å². The molecule has 0 unspecified atom stereocenters. The lowest BCUT2D eigenvalue weighted by Crippen LogP contribution is -2.21. The number of ketones is 1. The van der Waals surface area contributed by atoms with E-state index in [1.165, 1.54) is 19.1 Å². The molecule has 0 fully saturated rings. The van der Waals surface area contributed by atoms with Crippen LogP contribution in [0.4, 0.5) is 10.1 Å². The smallest absolute Gasteiger partial charge is 0.303 e. The average Bonchev–Trinajstić information content (AvgIpc) is 2.26. The Kier molecular flexibility index (Phi) is 4.53. The van der Waals surface area contributed by atoms with Crippen molar-refractivity contribution in [1.82, 2.24) is 0 Å². The minimum atomic E-state index is -0.715. The zero-order valence-electron chi connectivity index (χ0n) is 9.95. The number of amides is 1. The molecular weight excluding hydrogens is 241 g/mol. The van der Waals surface area contributed by atoms with Crippen molar-refractivity contribution in [2.45, 2.75) is 13.8 Å². The van der Waals surface area contributed by atoms with E-state index in [4.69, 9.17) is 0 Å². The van der Waals surface area contributed by atoms with Crippen molar-refractivity contribution in [3.05, 3.63) is 29.6 Å². The number of halogens is 1. The summed E-state index contributed by atoms with van der Waals surface area (Å²) in [4.78, 5) is 33.2. The molecule has 0 heterocycles. The number of benzene rings is 1. The number of carbonyl (C=O) groups excluding carboxylic acids is 3. The monoisotopic (exact) mass is 253 g/mol. The summed E-state index contributed by atoms with van der Waals surface area (Å²) in [6, 6.07) is 3.88. The van der Waals surface area contributed by atoms with E-state index in [0.29, 0.717) is 0 Å². The minimum absolute atomic E-state index is 0.0552. The SMILES string of the molecule is CC(=O)OCC(=O)Nc1cccc(F)c1C(C)=O. The molecule has 0 aromatic heterocycles. The van der Waals surface area contributed by atoms with Gasteiger partial charge >= 0.3 is 5.97 Å². The van der Waals surface area contributed by atoms with Gasteiger partial charge in [-0.25, -0.2) is 4.39 Å². The number of hydrogen-bond donors (Lipinski definition) is 1. The van der Waals surface area contributed by atoms with Gasteiger partial charge in [-0.15, -0.1) is 0 Å². The van der Waals surface area contributed by atoms with Gasteiger partial charge in [0, 0.05) is 6.92 Å². The van der Waals surface area contributed by atoms with Gasteiger partial charge < -0.3 is 10.1 Å². The predicted molar refractivity (Wildman–Crippen MR) is 61.7 cm³/mol. The standard InChI is InChI=1S/C12H12FNO4/c1-7(15)12-9(13)4-3-5-10(12)14-11(17)6-18-8(2)16/h3-5H,6H2,1-2H3,(H,14,17). The lowest BCUT2D eigenvalue weighted by molar-refractivity contribution is -0.144. The number of nitrogens with one attached hydrogen (secondary N) is 1. The Hall–Kier alpha value is -2.24. The lowest BCUT2D eigenvalue weighted by atomic mass is 10.1. The van der Waals surface area contributed by atoms with Crippen molar-refractivity contribution in [3.8, 4) is 0 Å². The van der Waals surface area contributed by atoms with Gasteiger partial charge in [0.1, 0.15) is 5.82 Å². The quantitative estimate of drug-likeness (QED) is 0.652. The van der Waals surface area contributed by atoms with Gasteiger partial charge in [0.05, 0.1) is 11.3 Å². The average molecular weight is 253 g/mol. The Bertz CT molecular complexity index is 499. The highest BCUT2D eigenvalue weighted by Gasteiger charge is 2.15. The van der Waals surface area contributed by atoms with Crippen molar-refractivity contribution in [2.75, 3.05) is 11.9 Å². The Morgan fingerprint density at radius 2 is 1.94 bits per heavy atom. The third kappa shape index (κ3) is 3.65. The third-order valence-corrected chi connectivity index (χ3v) is 2.05. The Balaban J connectivity index is 2.84. The molecule has 0 aliphatic rings. The highest BCUT2D eigenvalue weighted by atomic mass is 19.1. The molecule has 0 atom stereocenters. The van der Waals surface area contributed by atoms with Crippen LogP contribution in [0.5, 0.6) is 0 Å². The number of ether oxygens (including phenoxy) is 1. The fourth-order valence-electron chi connectivity index (χ4n) is 1.34. The van der Waals surface area contributed by atoms with Crippen LogP contribution in [0.15, 0.2) is 18.2 Å². The van der Waals surface area contributed by atoms with Crippen molar-refractivity contribution in [2.24, 2.45) is 0 Å². The summed E-state index contributed by atoms with van der Waals surface area (Å²) in [5.41, 5.74) is -0.145. The van der Waals surface area contributed by atoms with Gasteiger partial charge in [0.2, 0.25) is 0 Å². The van der Waals surface area contributed by atoms with Gasteiger partial charge in [-0.1, -0.05) is 6.07 Å². The van der Waals surface area contributed by atoms with E-state index in [1.807, 2.05) is 0 Å². The molecule has 1 amide bonds. The summed E-state index contributed by atoms with van der Waals surface area (Å²) in [7, 11) is 0. The number of esters is 1. The lowest BCUT2D eigenvalue weighted by Gasteiger charge is -2.09. The predicted octanol–water partition coefficient (Wildman–Crippen LogP) is 1.53. The Labute approximate surface area is 103 Å². The summed E-state index contributed by atoms with van der Waals surface area (Å²) in [5, 5.41) is 2.31. The largest absolute Gasteiger partial charge is 0.456 e. The van der Waals surface area contributed by atoms with Gasteiger partial charge in [-0.3, -0.25) is 14.4 Å². The normalized spacial score (nSPS) is 9.72. The molecule has 5 nitrogen and oxygen atoms in total. The zero-order chi connectivity index (χ0) is 13.7. The van der Waals surface area contributed by atoms with Gasteiger partial charge in [-0.05, 0) is 19.1 Å². The maximum atomic E-state index is 13.4. The maximum Gasteiger partial charge on any atom is 0.303 e. The van der Waals surface area contributed by atoms with E-state index < -0.39 is 30.1 Å². The van der Waals surface area contributed by atoms with E-state index >= 15 is 0 Å². The van der Waals surface area contributed by atoms with Crippen LogP contribution in [-0.2, 0) is 14.3 Å². The van der Waals surface area contributed by atoms with Crippen LogP contribution in [0.2, 0.25) is 0 Å². The molecule has 0 bridgehead atoms.